The highest BCUT2D eigenvalue weighted by Gasteiger charge is 2.32. The molecule has 0 radical (unpaired) electrons. The number of anilines is 1. The lowest BCUT2D eigenvalue weighted by Crippen LogP contribution is -2.37. The molecule has 1 saturated heterocycles. The summed E-state index contributed by atoms with van der Waals surface area (Å²) in [6, 6.07) is 3.75. The number of nitrogens with zero attached hydrogens (tertiary/aromatic N) is 5. The van der Waals surface area contributed by atoms with E-state index in [-0.39, 0.29) is 17.0 Å². The molecule has 0 aromatic carbocycles. The first-order valence-corrected chi connectivity index (χ1v) is 9.88. The van der Waals surface area contributed by atoms with E-state index in [1.54, 1.807) is 10.7 Å². The molecular weight excluding hydrogens is 334 g/mol. The minimum absolute atomic E-state index is 0.0317. The van der Waals surface area contributed by atoms with Gasteiger partial charge in [0.25, 0.3) is 5.56 Å². The third kappa shape index (κ3) is 3.47. The van der Waals surface area contributed by atoms with Gasteiger partial charge in [0, 0.05) is 35.5 Å². The minimum Gasteiger partial charge on any atom is -0.342 e. The summed E-state index contributed by atoms with van der Waals surface area (Å²) in [6.45, 7) is 7.95. The Morgan fingerprint density at radius 3 is 2.76 bits per heavy atom. The van der Waals surface area contributed by atoms with Crippen LogP contribution >= 0.6 is 11.5 Å². The summed E-state index contributed by atoms with van der Waals surface area (Å²) in [5.74, 6) is 1.59. The monoisotopic (exact) mass is 359 g/mol. The van der Waals surface area contributed by atoms with Crippen molar-refractivity contribution < 1.29 is 0 Å². The van der Waals surface area contributed by atoms with Gasteiger partial charge in [-0.3, -0.25) is 4.79 Å². The second kappa shape index (κ2) is 6.20. The number of hydrogen-bond donors (Lipinski definition) is 0. The molecule has 0 spiro atoms. The number of hydrogen-bond acceptors (Lipinski definition) is 6. The summed E-state index contributed by atoms with van der Waals surface area (Å²) in [4.78, 5) is 19.4. The Labute approximate surface area is 152 Å². The molecule has 2 aliphatic rings. The van der Waals surface area contributed by atoms with E-state index in [2.05, 4.69) is 35.1 Å². The van der Waals surface area contributed by atoms with Crippen molar-refractivity contribution >= 4 is 16.7 Å². The fraction of sp³-hybridized carbons (Fsp3) is 0.667. The van der Waals surface area contributed by atoms with Gasteiger partial charge in [-0.05, 0) is 31.7 Å². The van der Waals surface area contributed by atoms with Crippen LogP contribution in [0, 0.1) is 0 Å². The van der Waals surface area contributed by atoms with E-state index < -0.39 is 0 Å². The van der Waals surface area contributed by atoms with Gasteiger partial charge in [-0.25, -0.2) is 9.67 Å². The second-order valence-electron chi connectivity index (χ2n) is 8.19. The van der Waals surface area contributed by atoms with Crippen molar-refractivity contribution in [3.8, 4) is 0 Å². The van der Waals surface area contributed by atoms with Crippen LogP contribution in [0.25, 0.3) is 0 Å². The average Bonchev–Trinajstić information content (AvgIpc) is 3.11. The van der Waals surface area contributed by atoms with E-state index in [9.17, 15) is 4.79 Å². The highest BCUT2D eigenvalue weighted by Crippen LogP contribution is 2.40. The van der Waals surface area contributed by atoms with Crippen LogP contribution in [0.2, 0.25) is 0 Å². The molecule has 134 valence electrons. The van der Waals surface area contributed by atoms with Crippen LogP contribution in [0.5, 0.6) is 0 Å². The topological polar surface area (TPSA) is 63.9 Å². The molecule has 6 nitrogen and oxygen atoms in total. The van der Waals surface area contributed by atoms with Crippen LogP contribution in [-0.2, 0) is 12.0 Å². The van der Waals surface area contributed by atoms with Gasteiger partial charge in [0.05, 0.1) is 18.3 Å². The Balaban J connectivity index is 1.55. The maximum absolute atomic E-state index is 12.3. The fourth-order valence-electron chi connectivity index (χ4n) is 3.31. The smallest absolute Gasteiger partial charge is 0.266 e. The Hall–Kier alpha value is -1.76. The van der Waals surface area contributed by atoms with Gasteiger partial charge >= 0.3 is 0 Å². The van der Waals surface area contributed by atoms with Crippen LogP contribution in [0.15, 0.2) is 16.9 Å². The Morgan fingerprint density at radius 1 is 1.24 bits per heavy atom. The molecule has 0 amide bonds. The van der Waals surface area contributed by atoms with Crippen molar-refractivity contribution in [2.75, 3.05) is 11.4 Å². The van der Waals surface area contributed by atoms with E-state index in [1.807, 2.05) is 6.07 Å². The van der Waals surface area contributed by atoms with E-state index in [0.717, 1.165) is 36.0 Å². The summed E-state index contributed by atoms with van der Waals surface area (Å²) in [5.41, 5.74) is 0.850. The zero-order valence-electron chi connectivity index (χ0n) is 15.1. The molecule has 1 unspecified atom stereocenters. The lowest BCUT2D eigenvalue weighted by atomic mass is 9.92. The molecule has 1 saturated carbocycles. The van der Waals surface area contributed by atoms with Crippen molar-refractivity contribution in [2.24, 2.45) is 0 Å². The molecule has 2 aromatic rings. The molecule has 3 heterocycles. The first-order chi connectivity index (χ1) is 11.9. The third-order valence-corrected chi connectivity index (χ3v) is 5.78. The normalized spacial score (nSPS) is 21.1. The Kier molecular flexibility index (Phi) is 4.14. The van der Waals surface area contributed by atoms with Crippen molar-refractivity contribution in [2.45, 2.75) is 70.4 Å². The van der Waals surface area contributed by atoms with Crippen molar-refractivity contribution in [3.63, 3.8) is 0 Å². The van der Waals surface area contributed by atoms with Gasteiger partial charge in [-0.15, -0.1) is 0 Å². The summed E-state index contributed by atoms with van der Waals surface area (Å²) in [6.07, 6.45) is 4.62. The van der Waals surface area contributed by atoms with Crippen molar-refractivity contribution in [1.29, 1.82) is 0 Å². The minimum atomic E-state index is -0.0663. The predicted octanol–water partition coefficient (Wildman–Crippen LogP) is 2.94. The van der Waals surface area contributed by atoms with E-state index in [0.29, 0.717) is 12.5 Å². The highest BCUT2D eigenvalue weighted by atomic mass is 32.1. The predicted molar refractivity (Wildman–Crippen MR) is 99.4 cm³/mol. The van der Waals surface area contributed by atoms with Crippen molar-refractivity contribution in [1.82, 2.24) is 19.1 Å². The molecule has 7 heteroatoms. The standard InChI is InChI=1S/C18H25N5OS/c1-18(2,3)14-8-9-15(24)23(20-14)11-13-5-4-10-22(13)17-19-16(21-25-17)12-6-7-12/h8-9,12-13H,4-7,10-11H2,1-3H3. The van der Waals surface area contributed by atoms with E-state index in [1.165, 1.54) is 24.4 Å². The summed E-state index contributed by atoms with van der Waals surface area (Å²) in [7, 11) is 0. The van der Waals surface area contributed by atoms with Gasteiger partial charge in [0.15, 0.2) is 0 Å². The van der Waals surface area contributed by atoms with Crippen LogP contribution in [0.3, 0.4) is 0 Å². The maximum Gasteiger partial charge on any atom is 0.266 e. The lowest BCUT2D eigenvalue weighted by molar-refractivity contribution is 0.457. The Bertz CT molecular complexity index is 817. The van der Waals surface area contributed by atoms with Crippen LogP contribution < -0.4 is 10.5 Å². The van der Waals surface area contributed by atoms with Crippen LogP contribution in [0.4, 0.5) is 5.13 Å². The average molecular weight is 359 g/mol. The number of rotatable bonds is 4. The van der Waals surface area contributed by atoms with Gasteiger partial charge in [-0.1, -0.05) is 20.8 Å². The van der Waals surface area contributed by atoms with Gasteiger partial charge < -0.3 is 4.90 Å². The second-order valence-corrected chi connectivity index (χ2v) is 8.92. The van der Waals surface area contributed by atoms with Crippen molar-refractivity contribution in [3.05, 3.63) is 34.0 Å². The first-order valence-electron chi connectivity index (χ1n) is 9.11. The van der Waals surface area contributed by atoms with Crippen LogP contribution in [0.1, 0.15) is 63.9 Å². The molecule has 25 heavy (non-hydrogen) atoms. The van der Waals surface area contributed by atoms with Gasteiger partial charge in [0.1, 0.15) is 5.82 Å². The largest absolute Gasteiger partial charge is 0.342 e. The SMILES string of the molecule is CC(C)(C)c1ccc(=O)n(CC2CCCN2c2nc(C3CC3)ns2)n1. The number of aromatic nitrogens is 4. The molecular formula is C18H25N5OS. The zero-order chi connectivity index (χ0) is 17.6. The Morgan fingerprint density at radius 2 is 2.04 bits per heavy atom. The maximum atomic E-state index is 12.3. The van der Waals surface area contributed by atoms with E-state index >= 15 is 0 Å². The van der Waals surface area contributed by atoms with E-state index in [4.69, 9.17) is 4.98 Å². The molecule has 2 fully saturated rings. The fourth-order valence-corrected chi connectivity index (χ4v) is 4.15. The highest BCUT2D eigenvalue weighted by molar-refractivity contribution is 7.09. The molecule has 1 atom stereocenters. The molecule has 0 N–H and O–H groups in total. The van der Waals surface area contributed by atoms with Crippen LogP contribution in [-0.4, -0.2) is 31.7 Å². The molecule has 2 aromatic heterocycles. The molecule has 1 aliphatic heterocycles. The first kappa shape index (κ1) is 16.7. The lowest BCUT2D eigenvalue weighted by Gasteiger charge is -2.25. The van der Waals surface area contributed by atoms with Gasteiger partial charge in [0.2, 0.25) is 5.13 Å². The summed E-state index contributed by atoms with van der Waals surface area (Å²) < 4.78 is 6.16. The summed E-state index contributed by atoms with van der Waals surface area (Å²) >= 11 is 1.50. The molecule has 0 bridgehead atoms. The molecule has 4 rings (SSSR count). The third-order valence-electron chi connectivity index (χ3n) is 5.02. The molecule has 1 aliphatic carbocycles. The zero-order valence-corrected chi connectivity index (χ0v) is 15.9. The summed E-state index contributed by atoms with van der Waals surface area (Å²) in [5, 5.41) is 5.63. The van der Waals surface area contributed by atoms with Gasteiger partial charge in [-0.2, -0.15) is 9.47 Å². The quantitative estimate of drug-likeness (QED) is 0.840.